The summed E-state index contributed by atoms with van der Waals surface area (Å²) in [6.07, 6.45) is 2.91. The minimum Gasteiger partial charge on any atom is -0.493 e. The fourth-order valence-electron chi connectivity index (χ4n) is 4.32. The summed E-state index contributed by atoms with van der Waals surface area (Å²) in [5, 5.41) is 12.8. The molecule has 13 heteroatoms. The number of carbonyl (C=O) groups excluding carboxylic acids is 4. The van der Waals surface area contributed by atoms with Crippen LogP contribution in [0, 0.1) is 0 Å². The largest absolute Gasteiger partial charge is 0.493 e. The third kappa shape index (κ3) is 12.5. The summed E-state index contributed by atoms with van der Waals surface area (Å²) in [5.41, 5.74) is -0.237. The van der Waals surface area contributed by atoms with Crippen LogP contribution < -0.4 is 20.1 Å². The van der Waals surface area contributed by atoms with Gasteiger partial charge in [0.1, 0.15) is 29.5 Å². The Morgan fingerprint density at radius 2 is 1.65 bits per heavy atom. The van der Waals surface area contributed by atoms with Crippen LogP contribution in [0.5, 0.6) is 11.5 Å². The van der Waals surface area contributed by atoms with Crippen molar-refractivity contribution < 1.29 is 43.2 Å². The lowest BCUT2D eigenvalue weighted by molar-refractivity contribution is -0.132. The number of Topliss-reactive ketones (excluding diaryl/α,β-unsaturated/α-hetero) is 1. The number of imidazole rings is 1. The number of benzene rings is 2. The number of hydrogen-bond donors (Lipinski definition) is 3. The van der Waals surface area contributed by atoms with Gasteiger partial charge in [0, 0.05) is 12.8 Å². The molecule has 0 aliphatic heterocycles. The average molecular weight is 669 g/mol. The molecule has 2 aromatic carbocycles. The van der Waals surface area contributed by atoms with Gasteiger partial charge in [-0.1, -0.05) is 36.4 Å². The van der Waals surface area contributed by atoms with Gasteiger partial charge in [0.25, 0.3) is 0 Å². The van der Waals surface area contributed by atoms with Crippen molar-refractivity contribution in [3.05, 3.63) is 77.9 Å². The van der Waals surface area contributed by atoms with Gasteiger partial charge < -0.3 is 44.0 Å². The number of ketones is 1. The molecule has 0 spiro atoms. The Balaban J connectivity index is 0.00000257. The molecule has 3 rings (SSSR count). The van der Waals surface area contributed by atoms with E-state index >= 15 is 0 Å². The number of rotatable bonds is 15. The summed E-state index contributed by atoms with van der Waals surface area (Å²) in [6.45, 7) is 10.2. The highest BCUT2D eigenvalue weighted by molar-refractivity contribution is 5.94. The van der Waals surface area contributed by atoms with E-state index in [4.69, 9.17) is 24.1 Å². The second-order valence-electron chi connectivity index (χ2n) is 12.2. The van der Waals surface area contributed by atoms with Crippen molar-refractivity contribution in [3.8, 4) is 11.5 Å². The van der Waals surface area contributed by atoms with Crippen molar-refractivity contribution in [2.24, 2.45) is 0 Å². The molecule has 2 atom stereocenters. The van der Waals surface area contributed by atoms with Gasteiger partial charge >= 0.3 is 6.09 Å². The highest BCUT2D eigenvalue weighted by Gasteiger charge is 2.34. The first-order chi connectivity index (χ1) is 22.7. The maximum absolute atomic E-state index is 13.5. The number of aromatic nitrogens is 2. The molecule has 0 saturated carbocycles. The molecule has 0 aliphatic carbocycles. The van der Waals surface area contributed by atoms with Gasteiger partial charge in [0.2, 0.25) is 5.91 Å². The number of alkyl carbamates (subject to hydrolysis) is 1. The first-order valence-electron chi connectivity index (χ1n) is 15.4. The molecular formula is C35H48N4O9. The number of ether oxygens (including phenoxy) is 4. The van der Waals surface area contributed by atoms with Crippen molar-refractivity contribution in [2.45, 2.75) is 77.8 Å². The molecule has 0 fully saturated rings. The third-order valence-electron chi connectivity index (χ3n) is 6.68. The van der Waals surface area contributed by atoms with Crippen LogP contribution >= 0.6 is 0 Å². The average Bonchev–Trinajstić information content (AvgIpc) is 3.48. The summed E-state index contributed by atoms with van der Waals surface area (Å²) < 4.78 is 23.3. The zero-order valence-electron chi connectivity index (χ0n) is 28.9. The van der Waals surface area contributed by atoms with Gasteiger partial charge in [-0.15, -0.1) is 0 Å². The van der Waals surface area contributed by atoms with E-state index in [9.17, 15) is 19.2 Å². The first-order valence-corrected chi connectivity index (χ1v) is 15.4. The Morgan fingerprint density at radius 3 is 2.23 bits per heavy atom. The zero-order valence-corrected chi connectivity index (χ0v) is 28.9. The lowest BCUT2D eigenvalue weighted by atomic mass is 10.0. The monoisotopic (exact) mass is 668 g/mol. The Labute approximate surface area is 281 Å². The fourth-order valence-corrected chi connectivity index (χ4v) is 4.32. The van der Waals surface area contributed by atoms with Gasteiger partial charge in [-0.05, 0) is 64.8 Å². The maximum atomic E-state index is 13.5. The van der Waals surface area contributed by atoms with E-state index in [0.29, 0.717) is 22.8 Å². The van der Waals surface area contributed by atoms with Crippen molar-refractivity contribution >= 4 is 24.1 Å². The summed E-state index contributed by atoms with van der Waals surface area (Å²) in [6, 6.07) is 12.8. The lowest BCUT2D eigenvalue weighted by Gasteiger charge is -2.29. The molecule has 1 heterocycles. The van der Waals surface area contributed by atoms with Crippen LogP contribution in [0.2, 0.25) is 0 Å². The number of hydrogen-bond acceptors (Lipinski definition) is 10. The molecular weight excluding hydrogens is 620 g/mol. The second-order valence-corrected chi connectivity index (χ2v) is 12.2. The molecule has 262 valence electrons. The topological polar surface area (TPSA) is 167 Å². The minimum atomic E-state index is -1.40. The van der Waals surface area contributed by atoms with Crippen LogP contribution in [-0.2, 0) is 36.9 Å². The molecule has 1 aromatic heterocycles. The number of aldehydes is 1. The standard InChI is InChI=1S/C33H42N4O8.C2H6O/c1-32(2,3)45-31(41)36-33(4,5)30(40)35-25(20-44-19-22-11-9-8-10-12-22)27(39)16-24-17-37(21-34-24)26(18-38)23-13-14-28(42-6)29(15-23)43-7;1-2-3/h8-15,17-18,21,25-26H,16,19-20H2,1-7H3,(H,35,40)(H,36,41);3H,2H2,1H3/t25-,26?;/m1./s1. The van der Waals surface area contributed by atoms with Crippen molar-refractivity contribution in [2.75, 3.05) is 27.4 Å². The van der Waals surface area contributed by atoms with Crippen molar-refractivity contribution in [1.82, 2.24) is 20.2 Å². The summed E-state index contributed by atoms with van der Waals surface area (Å²) in [7, 11) is 3.03. The minimum absolute atomic E-state index is 0.120. The highest BCUT2D eigenvalue weighted by Crippen LogP contribution is 2.30. The molecule has 0 radical (unpaired) electrons. The predicted octanol–water partition coefficient (Wildman–Crippen LogP) is 3.80. The summed E-state index contributed by atoms with van der Waals surface area (Å²) >= 11 is 0. The van der Waals surface area contributed by atoms with E-state index in [1.807, 2.05) is 30.3 Å². The van der Waals surface area contributed by atoms with Crippen LogP contribution in [0.25, 0.3) is 0 Å². The number of methoxy groups -OCH3 is 2. The summed E-state index contributed by atoms with van der Waals surface area (Å²) in [4.78, 5) is 55.6. The Kier molecular flexibility index (Phi) is 15.2. The first kappa shape index (κ1) is 39.4. The van der Waals surface area contributed by atoms with Gasteiger partial charge in [0.15, 0.2) is 17.3 Å². The number of nitrogens with one attached hydrogen (secondary N) is 2. The Bertz CT molecular complexity index is 1480. The van der Waals surface area contributed by atoms with Crippen LogP contribution in [0.3, 0.4) is 0 Å². The van der Waals surface area contributed by atoms with E-state index in [1.54, 1.807) is 56.7 Å². The molecule has 3 aromatic rings. The Morgan fingerprint density at radius 1 is 1.00 bits per heavy atom. The number of aliphatic hydroxyl groups is 1. The molecule has 2 amide bonds. The lowest BCUT2D eigenvalue weighted by Crippen LogP contribution is -2.59. The fraction of sp³-hybridized carbons (Fsp3) is 0.457. The maximum Gasteiger partial charge on any atom is 0.408 e. The predicted molar refractivity (Wildman–Crippen MR) is 179 cm³/mol. The van der Waals surface area contributed by atoms with Gasteiger partial charge in [-0.3, -0.25) is 9.59 Å². The molecule has 0 aliphatic rings. The second kappa shape index (κ2) is 18.6. The van der Waals surface area contributed by atoms with E-state index < -0.39 is 35.2 Å². The smallest absolute Gasteiger partial charge is 0.408 e. The third-order valence-corrected chi connectivity index (χ3v) is 6.68. The molecule has 48 heavy (non-hydrogen) atoms. The van der Waals surface area contributed by atoms with E-state index in [2.05, 4.69) is 15.6 Å². The molecule has 1 unspecified atom stereocenters. The van der Waals surface area contributed by atoms with E-state index in [-0.39, 0.29) is 32.0 Å². The van der Waals surface area contributed by atoms with E-state index in [0.717, 1.165) is 11.8 Å². The molecule has 3 N–H and O–H groups in total. The van der Waals surface area contributed by atoms with Crippen molar-refractivity contribution in [1.29, 1.82) is 0 Å². The summed E-state index contributed by atoms with van der Waals surface area (Å²) in [5.74, 6) is 0.0175. The number of amides is 2. The number of nitrogens with zero attached hydrogens (tertiary/aromatic N) is 2. The van der Waals surface area contributed by atoms with Crippen LogP contribution in [0.1, 0.15) is 64.4 Å². The van der Waals surface area contributed by atoms with Crippen LogP contribution in [0.15, 0.2) is 61.1 Å². The normalized spacial score (nSPS) is 12.4. The van der Waals surface area contributed by atoms with Gasteiger partial charge in [-0.25, -0.2) is 9.78 Å². The van der Waals surface area contributed by atoms with Gasteiger partial charge in [0.05, 0.1) is 45.9 Å². The number of carbonyl (C=O) groups is 4. The van der Waals surface area contributed by atoms with E-state index in [1.165, 1.54) is 34.4 Å². The molecule has 13 nitrogen and oxygen atoms in total. The Hall–Kier alpha value is -4.75. The molecule has 0 bridgehead atoms. The van der Waals surface area contributed by atoms with Crippen LogP contribution in [0.4, 0.5) is 4.79 Å². The van der Waals surface area contributed by atoms with Crippen molar-refractivity contribution in [3.63, 3.8) is 0 Å². The van der Waals surface area contributed by atoms with Gasteiger partial charge in [-0.2, -0.15) is 0 Å². The van der Waals surface area contributed by atoms with Crippen LogP contribution in [-0.4, -0.2) is 83.3 Å². The quantitative estimate of drug-likeness (QED) is 0.203. The molecule has 0 saturated heterocycles. The zero-order chi connectivity index (χ0) is 35.9. The number of aliphatic hydroxyl groups excluding tert-OH is 1. The highest BCUT2D eigenvalue weighted by atomic mass is 16.6. The SMILES string of the molecule is CCO.COc1ccc(C(C=O)n2cnc(CC(=O)[C@@H](COCc3ccccc3)NC(=O)C(C)(C)NC(=O)OC(C)(C)C)c2)cc1OC.